The van der Waals surface area contributed by atoms with Gasteiger partial charge in [0.1, 0.15) is 10.9 Å². The summed E-state index contributed by atoms with van der Waals surface area (Å²) in [6.45, 7) is 8.11. The monoisotopic (exact) mass is 533 g/mol. The van der Waals surface area contributed by atoms with E-state index in [4.69, 9.17) is 4.98 Å². The highest BCUT2D eigenvalue weighted by molar-refractivity contribution is 7.14. The van der Waals surface area contributed by atoms with Crippen molar-refractivity contribution in [3.63, 3.8) is 0 Å². The van der Waals surface area contributed by atoms with Crippen LogP contribution in [0.1, 0.15) is 81.4 Å². The fraction of sp³-hybridized carbons (Fsp3) is 0.600. The summed E-state index contributed by atoms with van der Waals surface area (Å²) in [5.74, 6) is -1.60. The van der Waals surface area contributed by atoms with Crippen LogP contribution in [0.4, 0.5) is 0 Å². The second-order valence-electron chi connectivity index (χ2n) is 9.76. The van der Waals surface area contributed by atoms with Crippen LogP contribution in [0, 0.1) is 0 Å². The summed E-state index contributed by atoms with van der Waals surface area (Å²) in [4.78, 5) is 45.5. The zero-order chi connectivity index (χ0) is 25.7. The molecule has 2 saturated heterocycles. The molecule has 1 atom stereocenters. The number of hydrogen-bond donors (Lipinski definition) is 4. The number of carbonyl (C=O) groups is 3. The summed E-state index contributed by atoms with van der Waals surface area (Å²) >= 11 is 2.66. The van der Waals surface area contributed by atoms with Crippen molar-refractivity contribution in [2.24, 2.45) is 0 Å². The summed E-state index contributed by atoms with van der Waals surface area (Å²) in [7, 11) is 0. The Kier molecular flexibility index (Phi) is 9.10. The van der Waals surface area contributed by atoms with Gasteiger partial charge in [0.25, 0.3) is 11.8 Å². The van der Waals surface area contributed by atoms with Crippen LogP contribution in [0.5, 0.6) is 0 Å². The molecular weight excluding hydrogens is 498 g/mol. The summed E-state index contributed by atoms with van der Waals surface area (Å²) in [5.41, 5.74) is 0.753. The van der Waals surface area contributed by atoms with Gasteiger partial charge < -0.3 is 26.0 Å². The molecular formula is C25H35N5O4S2. The lowest BCUT2D eigenvalue weighted by molar-refractivity contribution is -0.139. The number of aromatic nitrogens is 1. The number of likely N-dealkylation sites (tertiary alicyclic amines) is 1. The number of thiazole rings is 1. The van der Waals surface area contributed by atoms with Gasteiger partial charge in [0.15, 0.2) is 0 Å². The molecule has 0 bridgehead atoms. The number of thiophene rings is 1. The highest BCUT2D eigenvalue weighted by Crippen LogP contribution is 2.35. The second kappa shape index (κ2) is 12.3. The maximum Gasteiger partial charge on any atom is 0.328 e. The molecule has 2 fully saturated rings. The van der Waals surface area contributed by atoms with E-state index in [9.17, 15) is 19.5 Å². The normalized spacial score (nSPS) is 18.8. The molecule has 0 aliphatic carbocycles. The van der Waals surface area contributed by atoms with Crippen LogP contribution in [-0.2, 0) is 4.79 Å². The van der Waals surface area contributed by atoms with E-state index in [0.29, 0.717) is 21.7 Å². The number of nitrogens with one attached hydrogen (secondary N) is 3. The van der Waals surface area contributed by atoms with Crippen LogP contribution < -0.4 is 16.0 Å². The lowest BCUT2D eigenvalue weighted by Crippen LogP contribution is -2.48. The maximum absolute atomic E-state index is 13.1. The Morgan fingerprint density at radius 2 is 1.89 bits per heavy atom. The Balaban J connectivity index is 1.37. The molecule has 4 N–H and O–H groups in total. The number of carboxylic acids is 1. The Morgan fingerprint density at radius 3 is 2.50 bits per heavy atom. The van der Waals surface area contributed by atoms with E-state index in [0.717, 1.165) is 49.7 Å². The standard InChI is InChI=1S/C25H35N5O4S2/c1-15(2)20-21(23(32)27-14-18(25(33)34)28-22(31)19-4-3-13-35-19)36-24(29-20)16-7-11-30(12-8-16)17-5-9-26-10-6-17/h3-4,13,15-18,26H,5-12,14H2,1-2H3,(H,27,32)(H,28,31)(H,33,34). The van der Waals surface area contributed by atoms with Gasteiger partial charge in [0.05, 0.1) is 15.6 Å². The number of carbonyl (C=O) groups excluding carboxylic acids is 2. The highest BCUT2D eigenvalue weighted by Gasteiger charge is 2.31. The molecule has 196 valence electrons. The van der Waals surface area contributed by atoms with Crippen molar-refractivity contribution in [3.05, 3.63) is 38.0 Å². The number of aliphatic carboxylic acids is 1. The van der Waals surface area contributed by atoms with E-state index < -0.39 is 17.9 Å². The minimum Gasteiger partial charge on any atom is -0.480 e. The Hall–Kier alpha value is -2.34. The van der Waals surface area contributed by atoms with E-state index >= 15 is 0 Å². The Labute approximate surface area is 219 Å². The minimum absolute atomic E-state index is 0.0689. The SMILES string of the molecule is CC(C)c1nc(C2CCN(C3CCNCC3)CC2)sc1C(=O)NCC(NC(=O)c1cccs1)C(=O)O. The van der Waals surface area contributed by atoms with E-state index in [1.807, 2.05) is 13.8 Å². The quantitative estimate of drug-likeness (QED) is 0.391. The first kappa shape index (κ1) is 26.7. The fourth-order valence-electron chi connectivity index (χ4n) is 4.87. The van der Waals surface area contributed by atoms with E-state index in [1.54, 1.807) is 17.5 Å². The first-order valence-electron chi connectivity index (χ1n) is 12.6. The molecule has 9 nitrogen and oxygen atoms in total. The number of amides is 2. The first-order chi connectivity index (χ1) is 17.3. The van der Waals surface area contributed by atoms with Gasteiger partial charge in [-0.15, -0.1) is 22.7 Å². The molecule has 4 rings (SSSR count). The molecule has 1 unspecified atom stereocenters. The number of carboxylic acid groups (broad SMARTS) is 1. The number of piperidine rings is 2. The van der Waals surface area contributed by atoms with Crippen molar-refractivity contribution in [1.82, 2.24) is 25.8 Å². The van der Waals surface area contributed by atoms with Crippen molar-refractivity contribution in [3.8, 4) is 0 Å². The summed E-state index contributed by atoms with van der Waals surface area (Å²) in [6.07, 6.45) is 4.47. The molecule has 0 aromatic carbocycles. The third-order valence-electron chi connectivity index (χ3n) is 6.94. The maximum atomic E-state index is 13.1. The van der Waals surface area contributed by atoms with E-state index in [-0.39, 0.29) is 18.4 Å². The van der Waals surface area contributed by atoms with Gasteiger partial charge in [-0.25, -0.2) is 9.78 Å². The third kappa shape index (κ3) is 6.50. The van der Waals surface area contributed by atoms with Crippen molar-refractivity contribution < 1.29 is 19.5 Å². The van der Waals surface area contributed by atoms with Crippen molar-refractivity contribution in [2.75, 3.05) is 32.7 Å². The zero-order valence-corrected chi connectivity index (χ0v) is 22.4. The van der Waals surface area contributed by atoms with Crippen LogP contribution in [0.15, 0.2) is 17.5 Å². The Morgan fingerprint density at radius 1 is 1.17 bits per heavy atom. The number of rotatable bonds is 9. The molecule has 2 amide bonds. The molecule has 0 radical (unpaired) electrons. The number of hydrogen-bond acceptors (Lipinski definition) is 8. The topological polar surface area (TPSA) is 124 Å². The predicted octanol–water partition coefficient (Wildman–Crippen LogP) is 2.87. The van der Waals surface area contributed by atoms with Gasteiger partial charge in [-0.2, -0.15) is 0 Å². The molecule has 4 heterocycles. The van der Waals surface area contributed by atoms with Gasteiger partial charge in [-0.3, -0.25) is 9.59 Å². The summed E-state index contributed by atoms with van der Waals surface area (Å²) < 4.78 is 0. The predicted molar refractivity (Wildman–Crippen MR) is 141 cm³/mol. The summed E-state index contributed by atoms with van der Waals surface area (Å²) in [6, 6.07) is 2.79. The average Bonchev–Trinajstić information content (AvgIpc) is 3.58. The molecule has 2 aromatic heterocycles. The van der Waals surface area contributed by atoms with Gasteiger partial charge in [0, 0.05) is 18.5 Å². The summed E-state index contributed by atoms with van der Waals surface area (Å²) in [5, 5.41) is 20.9. The zero-order valence-electron chi connectivity index (χ0n) is 20.8. The van der Waals surface area contributed by atoms with Crippen LogP contribution in [0.3, 0.4) is 0 Å². The molecule has 0 saturated carbocycles. The molecule has 2 aliphatic rings. The van der Waals surface area contributed by atoms with Gasteiger partial charge >= 0.3 is 5.97 Å². The van der Waals surface area contributed by atoms with Crippen molar-refractivity contribution in [2.45, 2.75) is 63.5 Å². The molecule has 36 heavy (non-hydrogen) atoms. The molecule has 2 aromatic rings. The van der Waals surface area contributed by atoms with Crippen LogP contribution in [0.2, 0.25) is 0 Å². The van der Waals surface area contributed by atoms with Gasteiger partial charge in [0.2, 0.25) is 0 Å². The largest absolute Gasteiger partial charge is 0.480 e. The van der Waals surface area contributed by atoms with E-state index in [2.05, 4.69) is 20.9 Å². The smallest absolute Gasteiger partial charge is 0.328 e. The van der Waals surface area contributed by atoms with Gasteiger partial charge in [-0.1, -0.05) is 19.9 Å². The Bertz CT molecular complexity index is 1040. The van der Waals surface area contributed by atoms with Gasteiger partial charge in [-0.05, 0) is 69.2 Å². The minimum atomic E-state index is -1.22. The molecule has 11 heteroatoms. The van der Waals surface area contributed by atoms with Crippen LogP contribution in [-0.4, -0.2) is 77.6 Å². The number of nitrogens with zero attached hydrogens (tertiary/aromatic N) is 2. The second-order valence-corrected chi connectivity index (χ2v) is 11.7. The third-order valence-corrected chi connectivity index (χ3v) is 9.04. The van der Waals surface area contributed by atoms with Crippen molar-refractivity contribution in [1.29, 1.82) is 0 Å². The van der Waals surface area contributed by atoms with Crippen LogP contribution in [0.25, 0.3) is 0 Å². The average molecular weight is 534 g/mol. The van der Waals surface area contributed by atoms with Crippen LogP contribution >= 0.6 is 22.7 Å². The lowest BCUT2D eigenvalue weighted by atomic mass is 9.94. The lowest BCUT2D eigenvalue weighted by Gasteiger charge is -2.39. The van der Waals surface area contributed by atoms with E-state index in [1.165, 1.54) is 35.5 Å². The fourth-order valence-corrected chi connectivity index (χ4v) is 6.81. The highest BCUT2D eigenvalue weighted by atomic mass is 32.1. The van der Waals surface area contributed by atoms with Crippen molar-refractivity contribution >= 4 is 40.5 Å². The molecule has 2 aliphatic heterocycles. The first-order valence-corrected chi connectivity index (χ1v) is 14.3. The molecule has 0 spiro atoms.